The molecule has 0 aliphatic carbocycles. The van der Waals surface area contributed by atoms with Crippen LogP contribution in [0.15, 0.2) is 73.1 Å². The fourth-order valence-corrected chi connectivity index (χ4v) is 3.79. The third-order valence-electron chi connectivity index (χ3n) is 5.66. The first-order chi connectivity index (χ1) is 15.5. The molecule has 164 valence electrons. The van der Waals surface area contributed by atoms with Gasteiger partial charge in [0.25, 0.3) is 0 Å². The van der Waals surface area contributed by atoms with E-state index in [2.05, 4.69) is 9.55 Å². The summed E-state index contributed by atoms with van der Waals surface area (Å²) >= 11 is 0. The van der Waals surface area contributed by atoms with E-state index in [1.165, 1.54) is 5.06 Å². The van der Waals surface area contributed by atoms with Gasteiger partial charge in [-0.3, -0.25) is 9.78 Å². The van der Waals surface area contributed by atoms with Crippen molar-refractivity contribution in [2.75, 3.05) is 7.11 Å². The number of amides is 1. The Labute approximate surface area is 186 Å². The SMILES string of the molecule is COc1ccc(Cn2cc(CN(O)C(C)c3ccccn3)c3ccc(C(N)=O)cc32)cc1. The highest BCUT2D eigenvalue weighted by atomic mass is 16.5. The van der Waals surface area contributed by atoms with E-state index >= 15 is 0 Å². The summed E-state index contributed by atoms with van der Waals surface area (Å²) in [6.07, 6.45) is 3.72. The number of pyridine rings is 1. The molecule has 4 aromatic rings. The normalized spacial score (nSPS) is 12.2. The van der Waals surface area contributed by atoms with Crippen molar-refractivity contribution in [2.45, 2.75) is 26.1 Å². The van der Waals surface area contributed by atoms with E-state index in [1.807, 2.05) is 61.7 Å². The second-order valence-corrected chi connectivity index (χ2v) is 7.75. The number of methoxy groups -OCH3 is 1. The molecule has 4 rings (SSSR count). The molecular weight excluding hydrogens is 404 g/mol. The molecule has 32 heavy (non-hydrogen) atoms. The minimum atomic E-state index is -0.474. The number of aromatic nitrogens is 2. The Morgan fingerprint density at radius 2 is 1.97 bits per heavy atom. The van der Waals surface area contributed by atoms with Gasteiger partial charge in [-0.05, 0) is 54.4 Å². The topological polar surface area (TPSA) is 93.6 Å². The van der Waals surface area contributed by atoms with Crippen LogP contribution in [0.25, 0.3) is 10.9 Å². The van der Waals surface area contributed by atoms with Crippen molar-refractivity contribution in [2.24, 2.45) is 5.73 Å². The van der Waals surface area contributed by atoms with Gasteiger partial charge >= 0.3 is 0 Å². The van der Waals surface area contributed by atoms with E-state index in [4.69, 9.17) is 10.5 Å². The van der Waals surface area contributed by atoms with Crippen LogP contribution in [0, 0.1) is 0 Å². The third-order valence-corrected chi connectivity index (χ3v) is 5.66. The molecule has 0 radical (unpaired) electrons. The van der Waals surface area contributed by atoms with Crippen molar-refractivity contribution >= 4 is 16.8 Å². The summed E-state index contributed by atoms with van der Waals surface area (Å²) in [6, 6.07) is 18.6. The number of hydrogen-bond acceptors (Lipinski definition) is 5. The van der Waals surface area contributed by atoms with E-state index in [0.29, 0.717) is 18.7 Å². The Bertz CT molecular complexity index is 1220. The van der Waals surface area contributed by atoms with Crippen molar-refractivity contribution in [3.63, 3.8) is 0 Å². The van der Waals surface area contributed by atoms with Crippen LogP contribution in [-0.4, -0.2) is 32.8 Å². The highest BCUT2D eigenvalue weighted by Crippen LogP contribution is 2.27. The van der Waals surface area contributed by atoms with E-state index < -0.39 is 5.91 Å². The Morgan fingerprint density at radius 3 is 2.62 bits per heavy atom. The number of ether oxygens (including phenoxy) is 1. The summed E-state index contributed by atoms with van der Waals surface area (Å²) in [7, 11) is 1.64. The van der Waals surface area contributed by atoms with Crippen LogP contribution in [0.3, 0.4) is 0 Å². The Hall–Kier alpha value is -3.68. The Kier molecular flexibility index (Phi) is 6.20. The molecule has 0 bridgehead atoms. The summed E-state index contributed by atoms with van der Waals surface area (Å²) in [5, 5.41) is 13.0. The lowest BCUT2D eigenvalue weighted by molar-refractivity contribution is -0.133. The van der Waals surface area contributed by atoms with Gasteiger partial charge < -0.3 is 20.2 Å². The molecule has 0 fully saturated rings. The Morgan fingerprint density at radius 1 is 1.19 bits per heavy atom. The molecule has 0 aliphatic rings. The van der Waals surface area contributed by atoms with Gasteiger partial charge in [-0.15, -0.1) is 0 Å². The number of carbonyl (C=O) groups excluding carboxylic acids is 1. The van der Waals surface area contributed by atoms with E-state index in [-0.39, 0.29) is 6.04 Å². The molecule has 2 aromatic carbocycles. The number of carbonyl (C=O) groups is 1. The number of benzene rings is 2. The van der Waals surface area contributed by atoms with Crippen molar-refractivity contribution < 1.29 is 14.7 Å². The molecule has 2 aromatic heterocycles. The number of nitrogens with zero attached hydrogens (tertiary/aromatic N) is 3. The Balaban J connectivity index is 1.68. The first-order valence-corrected chi connectivity index (χ1v) is 10.4. The number of hydroxylamine groups is 2. The van der Waals surface area contributed by atoms with Gasteiger partial charge in [-0.2, -0.15) is 5.06 Å². The van der Waals surface area contributed by atoms with Gasteiger partial charge in [-0.1, -0.05) is 24.3 Å². The molecule has 2 heterocycles. The van der Waals surface area contributed by atoms with Gasteiger partial charge in [0.05, 0.1) is 25.4 Å². The quantitative estimate of drug-likeness (QED) is 0.410. The minimum Gasteiger partial charge on any atom is -0.497 e. The zero-order valence-electron chi connectivity index (χ0n) is 18.1. The molecule has 0 saturated heterocycles. The molecular formula is C25H26N4O3. The lowest BCUT2D eigenvalue weighted by atomic mass is 10.1. The highest BCUT2D eigenvalue weighted by molar-refractivity contribution is 5.97. The molecule has 7 heteroatoms. The van der Waals surface area contributed by atoms with Crippen LogP contribution in [0.2, 0.25) is 0 Å². The van der Waals surface area contributed by atoms with Crippen LogP contribution in [0.4, 0.5) is 0 Å². The summed E-state index contributed by atoms with van der Waals surface area (Å²) in [5.41, 5.74) is 9.65. The first kappa shape index (κ1) is 21.5. The molecule has 1 atom stereocenters. The zero-order valence-corrected chi connectivity index (χ0v) is 18.1. The predicted octanol–water partition coefficient (Wildman–Crippen LogP) is 4.14. The fraction of sp³-hybridized carbons (Fsp3) is 0.200. The summed E-state index contributed by atoms with van der Waals surface area (Å²) < 4.78 is 7.31. The second-order valence-electron chi connectivity index (χ2n) is 7.75. The number of hydrogen-bond donors (Lipinski definition) is 2. The second kappa shape index (κ2) is 9.21. The maximum atomic E-state index is 11.8. The van der Waals surface area contributed by atoms with Crippen LogP contribution in [0.1, 0.15) is 40.1 Å². The van der Waals surface area contributed by atoms with Crippen molar-refractivity contribution in [1.29, 1.82) is 0 Å². The van der Waals surface area contributed by atoms with Gasteiger partial charge in [-0.25, -0.2) is 0 Å². The first-order valence-electron chi connectivity index (χ1n) is 10.4. The number of fused-ring (bicyclic) bond motifs is 1. The van der Waals surface area contributed by atoms with Crippen molar-refractivity contribution in [3.8, 4) is 5.75 Å². The molecule has 0 aliphatic heterocycles. The van der Waals surface area contributed by atoms with Crippen LogP contribution < -0.4 is 10.5 Å². The standard InChI is InChI=1S/C25H26N4O3/c1-17(23-5-3-4-12-27-23)29(31)16-20-15-28(14-18-6-9-21(32-2)10-7-18)24-13-19(25(26)30)8-11-22(20)24/h3-13,15,17,31H,14,16H2,1-2H3,(H2,26,30). The smallest absolute Gasteiger partial charge is 0.248 e. The summed E-state index contributed by atoms with van der Waals surface area (Å²) in [4.78, 5) is 16.1. The highest BCUT2D eigenvalue weighted by Gasteiger charge is 2.18. The van der Waals surface area contributed by atoms with Crippen LogP contribution in [0.5, 0.6) is 5.75 Å². The molecule has 1 amide bonds. The van der Waals surface area contributed by atoms with E-state index in [1.54, 1.807) is 25.4 Å². The molecule has 1 unspecified atom stereocenters. The fourth-order valence-electron chi connectivity index (χ4n) is 3.79. The average molecular weight is 431 g/mol. The van der Waals surface area contributed by atoms with Gasteiger partial charge in [0, 0.05) is 35.4 Å². The zero-order chi connectivity index (χ0) is 22.7. The van der Waals surface area contributed by atoms with Crippen molar-refractivity contribution in [1.82, 2.24) is 14.6 Å². The number of rotatable bonds is 8. The predicted molar refractivity (Wildman–Crippen MR) is 123 cm³/mol. The average Bonchev–Trinajstić information content (AvgIpc) is 3.15. The van der Waals surface area contributed by atoms with Crippen LogP contribution in [-0.2, 0) is 13.1 Å². The maximum Gasteiger partial charge on any atom is 0.248 e. The van der Waals surface area contributed by atoms with Crippen molar-refractivity contribution in [3.05, 3.63) is 95.4 Å². The lowest BCUT2D eigenvalue weighted by Crippen LogP contribution is -2.23. The molecule has 0 saturated carbocycles. The number of primary amides is 1. The largest absolute Gasteiger partial charge is 0.497 e. The minimum absolute atomic E-state index is 0.277. The number of nitrogens with two attached hydrogens (primary N) is 1. The van der Waals surface area contributed by atoms with E-state index in [0.717, 1.165) is 33.5 Å². The molecule has 7 nitrogen and oxygen atoms in total. The summed E-state index contributed by atoms with van der Waals surface area (Å²) in [6.45, 7) is 2.81. The van der Waals surface area contributed by atoms with Gasteiger partial charge in [0.2, 0.25) is 5.91 Å². The van der Waals surface area contributed by atoms with Crippen LogP contribution >= 0.6 is 0 Å². The monoisotopic (exact) mass is 430 g/mol. The lowest BCUT2D eigenvalue weighted by Gasteiger charge is -2.21. The van der Waals surface area contributed by atoms with Gasteiger partial charge in [0.1, 0.15) is 5.75 Å². The maximum absolute atomic E-state index is 11.8. The van der Waals surface area contributed by atoms with E-state index in [9.17, 15) is 10.0 Å². The summed E-state index contributed by atoms with van der Waals surface area (Å²) in [5.74, 6) is 0.320. The third kappa shape index (κ3) is 4.49. The molecule has 3 N–H and O–H groups in total. The van der Waals surface area contributed by atoms with Gasteiger partial charge in [0.15, 0.2) is 0 Å². The molecule has 0 spiro atoms.